The summed E-state index contributed by atoms with van der Waals surface area (Å²) in [6, 6.07) is 1.83. The molecule has 5 aromatic carbocycles. The van der Waals surface area contributed by atoms with E-state index in [0.717, 1.165) is 12.1 Å². The molecule has 0 aliphatic rings. The molecule has 0 spiro atoms. The Morgan fingerprint density at radius 3 is 1.46 bits per heavy atom. The number of aromatic nitrogens is 1. The third-order valence-electron chi connectivity index (χ3n) is 8.26. The molecule has 0 saturated carbocycles. The third kappa shape index (κ3) is 3.48. The average Bonchev–Trinajstić information content (AvgIpc) is 3.64. The van der Waals surface area contributed by atoms with Crippen molar-refractivity contribution < 1.29 is 71.5 Å². The van der Waals surface area contributed by atoms with Crippen molar-refractivity contribution in [3.8, 4) is 103 Å². The van der Waals surface area contributed by atoms with Crippen LogP contribution in [0.15, 0.2) is 12.1 Å². The molecule has 2 heterocycles. The number of phenols is 14. The third-order valence-corrected chi connectivity index (χ3v) is 9.47. The quantitative estimate of drug-likeness (QED) is 0.0715. The topological polar surface area (TPSA) is 299 Å². The Bertz CT molecular complexity index is 2620. The number of rotatable bonds is 2. The highest BCUT2D eigenvalue weighted by atomic mass is 32.1. The van der Waals surface area contributed by atoms with Crippen molar-refractivity contribution in [3.05, 3.63) is 12.1 Å². The monoisotopic (exact) mass is 669 g/mol. The highest BCUT2D eigenvalue weighted by Crippen LogP contribution is 2.60. The lowest BCUT2D eigenvalue weighted by Gasteiger charge is -2.17. The van der Waals surface area contributed by atoms with Gasteiger partial charge in [-0.15, -0.1) is 11.3 Å². The number of aromatic amines is 1. The van der Waals surface area contributed by atoms with Crippen LogP contribution in [0.5, 0.6) is 80.5 Å². The highest BCUT2D eigenvalue weighted by molar-refractivity contribution is 7.27. The molecule has 0 unspecified atom stereocenters. The van der Waals surface area contributed by atoms with E-state index in [1.54, 1.807) is 0 Å². The summed E-state index contributed by atoms with van der Waals surface area (Å²) in [6.07, 6.45) is 0. The summed E-state index contributed by atoms with van der Waals surface area (Å²) in [5.41, 5.74) is -4.24. The number of fused-ring (bicyclic) bond motifs is 6. The van der Waals surface area contributed by atoms with E-state index < -0.39 is 124 Å². The smallest absolute Gasteiger partial charge is 0.206 e. The second kappa shape index (κ2) is 9.49. The van der Waals surface area contributed by atoms with Gasteiger partial charge in [0, 0.05) is 16.3 Å². The van der Waals surface area contributed by atoms with Gasteiger partial charge < -0.3 is 76.5 Å². The van der Waals surface area contributed by atoms with Gasteiger partial charge in [-0.05, 0) is 28.6 Å². The summed E-state index contributed by atoms with van der Waals surface area (Å²) >= 11 is 0.648. The van der Waals surface area contributed by atoms with Gasteiger partial charge in [0.2, 0.25) is 11.5 Å². The lowest BCUT2D eigenvalue weighted by molar-refractivity contribution is 0.350. The minimum atomic E-state index is -1.19. The molecular formula is C30H17B2NO14S. The van der Waals surface area contributed by atoms with Crippen LogP contribution in [0.25, 0.3) is 64.2 Å². The van der Waals surface area contributed by atoms with Crippen LogP contribution in [0.2, 0.25) is 0 Å². The Morgan fingerprint density at radius 1 is 0.396 bits per heavy atom. The van der Waals surface area contributed by atoms with Gasteiger partial charge in [0.25, 0.3) is 0 Å². The highest BCUT2D eigenvalue weighted by Gasteiger charge is 2.32. The first-order chi connectivity index (χ1) is 22.5. The first-order valence-electron chi connectivity index (χ1n) is 13.3. The van der Waals surface area contributed by atoms with E-state index >= 15 is 0 Å². The maximum Gasteiger partial charge on any atom is 0.206 e. The molecule has 7 rings (SSSR count). The summed E-state index contributed by atoms with van der Waals surface area (Å²) in [4.78, 5) is 2.41. The van der Waals surface area contributed by atoms with E-state index in [9.17, 15) is 71.5 Å². The molecule has 0 aliphatic heterocycles. The van der Waals surface area contributed by atoms with Crippen molar-refractivity contribution in [2.75, 3.05) is 0 Å². The van der Waals surface area contributed by atoms with Crippen molar-refractivity contribution >= 4 is 79.9 Å². The summed E-state index contributed by atoms with van der Waals surface area (Å²) in [5.74, 6) is -13.2. The fourth-order valence-corrected chi connectivity index (χ4v) is 7.29. The maximum atomic E-state index is 11.3. The number of thiophene rings is 1. The molecular weight excluding hydrogens is 652 g/mol. The predicted octanol–water partition coefficient (Wildman–Crippen LogP) is 2.49. The van der Waals surface area contributed by atoms with E-state index in [0.29, 0.717) is 11.3 Å². The van der Waals surface area contributed by atoms with Crippen LogP contribution in [0.1, 0.15) is 0 Å². The fraction of sp³-hybridized carbons (Fsp3) is 0. The summed E-state index contributed by atoms with van der Waals surface area (Å²) in [6.45, 7) is 0. The van der Waals surface area contributed by atoms with Crippen LogP contribution in [0.3, 0.4) is 0 Å². The van der Waals surface area contributed by atoms with Crippen molar-refractivity contribution in [2.24, 2.45) is 0 Å². The number of hydrogen-bond donors (Lipinski definition) is 15. The van der Waals surface area contributed by atoms with E-state index in [1.165, 1.54) is 0 Å². The van der Waals surface area contributed by atoms with Crippen LogP contribution in [-0.2, 0) is 0 Å². The second-order valence-corrected chi connectivity index (χ2v) is 11.8. The van der Waals surface area contributed by atoms with Crippen molar-refractivity contribution in [1.29, 1.82) is 0 Å². The van der Waals surface area contributed by atoms with E-state index in [2.05, 4.69) is 4.98 Å². The standard InChI is InChI=1S/C30H17B2NO14S/c31-13-18(37)6(29-11(19(13)38)12-20(39)14(32)23(42)28(47)30(12)48-29)3-1-4(34)7(5(35)2-3)10-17(36)8-9-16(33-15(8)24(43)22(10)41)25(44)27(46)26(45)21(9)40/h1-2,33-47H. The molecule has 18 heteroatoms. The second-order valence-electron chi connectivity index (χ2n) is 10.8. The van der Waals surface area contributed by atoms with Gasteiger partial charge >= 0.3 is 0 Å². The van der Waals surface area contributed by atoms with Crippen LogP contribution < -0.4 is 10.9 Å². The first-order valence-corrected chi connectivity index (χ1v) is 14.1. The zero-order chi connectivity index (χ0) is 35.0. The fourth-order valence-electron chi connectivity index (χ4n) is 5.98. The summed E-state index contributed by atoms with van der Waals surface area (Å²) in [5, 5.41) is 148. The Morgan fingerprint density at radius 2 is 0.875 bits per heavy atom. The minimum absolute atomic E-state index is 0.0850. The van der Waals surface area contributed by atoms with Gasteiger partial charge in [0.15, 0.2) is 34.5 Å². The molecule has 0 bridgehead atoms. The van der Waals surface area contributed by atoms with Gasteiger partial charge in [-0.1, -0.05) is 0 Å². The molecule has 0 atom stereocenters. The molecule has 15 nitrogen and oxygen atoms in total. The Balaban J connectivity index is 1.55. The van der Waals surface area contributed by atoms with Gasteiger partial charge in [-0.3, -0.25) is 0 Å². The normalized spacial score (nSPS) is 11.8. The van der Waals surface area contributed by atoms with Crippen LogP contribution in [-0.4, -0.2) is 92.2 Å². The lowest BCUT2D eigenvalue weighted by atomic mass is 9.85. The zero-order valence-corrected chi connectivity index (χ0v) is 24.3. The van der Waals surface area contributed by atoms with E-state index in [4.69, 9.17) is 15.7 Å². The molecule has 0 aliphatic carbocycles. The van der Waals surface area contributed by atoms with Gasteiger partial charge in [-0.25, -0.2) is 0 Å². The lowest BCUT2D eigenvalue weighted by Crippen LogP contribution is -2.06. The molecule has 238 valence electrons. The Kier molecular flexibility index (Phi) is 5.95. The number of nitrogens with one attached hydrogen (secondary N) is 1. The van der Waals surface area contributed by atoms with E-state index in [1.807, 2.05) is 0 Å². The number of phenolic OH excluding ortho intramolecular Hbond substituents is 14. The number of benzene rings is 5. The van der Waals surface area contributed by atoms with Crippen LogP contribution >= 0.6 is 11.3 Å². The molecule has 15 N–H and O–H groups in total. The van der Waals surface area contributed by atoms with Crippen LogP contribution in [0.4, 0.5) is 0 Å². The Labute approximate surface area is 271 Å². The van der Waals surface area contributed by atoms with Crippen molar-refractivity contribution in [3.63, 3.8) is 0 Å². The number of aromatic hydroxyl groups is 14. The molecule has 7 aromatic rings. The molecule has 0 saturated heterocycles. The number of hydrogen-bond acceptors (Lipinski definition) is 15. The molecule has 48 heavy (non-hydrogen) atoms. The van der Waals surface area contributed by atoms with E-state index in [-0.39, 0.29) is 31.3 Å². The molecule has 0 amide bonds. The Hall–Kier alpha value is -6.55. The maximum absolute atomic E-state index is 11.3. The average molecular weight is 669 g/mol. The SMILES string of the molecule is [B]c1c(O)c(O)c2sc3c(-c4cc(O)c(-c5c(O)c(O)c6[nH]c7c(O)c(O)c(O)c(O)c7c6c5O)c(O)c4)c(O)c([B])c(O)c3c2c1O. The summed E-state index contributed by atoms with van der Waals surface area (Å²) in [7, 11) is 11.7. The first kappa shape index (κ1) is 30.1. The van der Waals surface area contributed by atoms with Gasteiger partial charge in [0.1, 0.15) is 50.2 Å². The van der Waals surface area contributed by atoms with Crippen molar-refractivity contribution in [2.45, 2.75) is 0 Å². The van der Waals surface area contributed by atoms with Gasteiger partial charge in [0.05, 0.1) is 42.3 Å². The summed E-state index contributed by atoms with van der Waals surface area (Å²) < 4.78 is -0.273. The molecule has 0 fully saturated rings. The zero-order valence-electron chi connectivity index (χ0n) is 23.5. The van der Waals surface area contributed by atoms with Crippen LogP contribution in [0, 0.1) is 0 Å². The van der Waals surface area contributed by atoms with Crippen molar-refractivity contribution in [1.82, 2.24) is 4.98 Å². The van der Waals surface area contributed by atoms with Gasteiger partial charge in [-0.2, -0.15) is 0 Å². The molecule has 4 radical (unpaired) electrons. The largest absolute Gasteiger partial charge is 0.508 e. The number of H-pyrrole nitrogens is 1. The molecule has 2 aromatic heterocycles. The predicted molar refractivity (Wildman–Crippen MR) is 174 cm³/mol. The minimum Gasteiger partial charge on any atom is -0.508 e.